The second-order valence-electron chi connectivity index (χ2n) is 8.65. The monoisotopic (exact) mass is 556 g/mol. The van der Waals surface area contributed by atoms with Crippen LogP contribution < -0.4 is 4.74 Å². The van der Waals surface area contributed by atoms with Gasteiger partial charge in [0.15, 0.2) is 0 Å². The van der Waals surface area contributed by atoms with E-state index in [1.54, 1.807) is 0 Å². The maximum atomic E-state index is 10.1. The molecule has 2 aliphatic rings. The minimum Gasteiger partial charge on any atom is -0.490 e. The average Bonchev–Trinajstić information content (AvgIpc) is 2.78. The molecule has 6 heteroatoms. The average molecular weight is 557 g/mol. The topological polar surface area (TPSA) is 58.9 Å². The fourth-order valence-electron chi connectivity index (χ4n) is 4.51. The van der Waals surface area contributed by atoms with E-state index >= 15 is 0 Å². The molecule has 2 aromatic rings. The van der Waals surface area contributed by atoms with Crippen molar-refractivity contribution >= 4 is 34.2 Å². The lowest BCUT2D eigenvalue weighted by molar-refractivity contribution is -0.129. The highest BCUT2D eigenvalue weighted by Gasteiger charge is 2.36. The van der Waals surface area contributed by atoms with Crippen molar-refractivity contribution in [2.75, 3.05) is 6.61 Å². The predicted octanol–water partition coefficient (Wildman–Crippen LogP) is 5.63. The molecule has 168 valence electrons. The molecule has 4 unspecified atom stereocenters. The van der Waals surface area contributed by atoms with Crippen molar-refractivity contribution in [3.8, 4) is 5.75 Å². The van der Waals surface area contributed by atoms with Gasteiger partial charge in [-0.1, -0.05) is 64.9 Å². The molecule has 4 rings (SSSR count). The van der Waals surface area contributed by atoms with Gasteiger partial charge in [0.1, 0.15) is 11.9 Å². The van der Waals surface area contributed by atoms with Crippen LogP contribution in [-0.4, -0.2) is 39.1 Å². The van der Waals surface area contributed by atoms with Crippen LogP contribution in [0.15, 0.2) is 42.5 Å². The quantitative estimate of drug-likeness (QED) is 0.358. The van der Waals surface area contributed by atoms with Crippen LogP contribution in [0.1, 0.15) is 61.3 Å². The molecule has 1 heterocycles. The molecule has 0 spiro atoms. The zero-order valence-corrected chi connectivity index (χ0v) is 20.5. The molecule has 4 atom stereocenters. The van der Waals surface area contributed by atoms with E-state index in [0.717, 1.165) is 41.2 Å². The van der Waals surface area contributed by atoms with Gasteiger partial charge in [-0.15, -0.1) is 0 Å². The van der Waals surface area contributed by atoms with E-state index in [4.69, 9.17) is 21.1 Å². The van der Waals surface area contributed by atoms with Crippen molar-refractivity contribution in [2.45, 2.75) is 73.3 Å². The normalized spacial score (nSPS) is 27.2. The highest BCUT2D eigenvalue weighted by Crippen LogP contribution is 2.38. The Balaban J connectivity index is 1.45. The van der Waals surface area contributed by atoms with Gasteiger partial charge in [-0.3, -0.25) is 0 Å². The summed E-state index contributed by atoms with van der Waals surface area (Å²) in [6.45, 7) is -0.184. The van der Waals surface area contributed by atoms with Gasteiger partial charge in [-0.05, 0) is 73.4 Å². The molecule has 0 aromatic heterocycles. The molecule has 1 saturated carbocycles. The maximum absolute atomic E-state index is 10.1. The summed E-state index contributed by atoms with van der Waals surface area (Å²) >= 11 is 8.83. The van der Waals surface area contributed by atoms with E-state index in [1.807, 2.05) is 12.1 Å². The summed E-state index contributed by atoms with van der Waals surface area (Å²) in [6.07, 6.45) is 6.46. The first-order valence-electron chi connectivity index (χ1n) is 11.2. The van der Waals surface area contributed by atoms with Crippen LogP contribution in [0.25, 0.3) is 0 Å². The van der Waals surface area contributed by atoms with Gasteiger partial charge in [-0.2, -0.15) is 0 Å². The standard InChI is InChI=1S/C25H30ClIO4/c26-21-11-8-17(25-22(27)14-23(29)24(15-28)31-25)13-18(21)12-16-6-9-20(10-7-16)30-19-4-2-1-3-5-19/h6-11,13,19,22-25,28-29H,1-5,12,14-15H2. The highest BCUT2D eigenvalue weighted by atomic mass is 127. The van der Waals surface area contributed by atoms with E-state index in [-0.39, 0.29) is 16.6 Å². The smallest absolute Gasteiger partial charge is 0.119 e. The third kappa shape index (κ3) is 5.93. The van der Waals surface area contributed by atoms with E-state index in [9.17, 15) is 10.2 Å². The van der Waals surface area contributed by atoms with Crippen LogP contribution in [-0.2, 0) is 11.2 Å². The number of aliphatic hydroxyl groups excluding tert-OH is 2. The van der Waals surface area contributed by atoms with E-state index < -0.39 is 12.2 Å². The number of hydrogen-bond acceptors (Lipinski definition) is 4. The SMILES string of the molecule is OCC1OC(c2ccc(Cl)c(Cc3ccc(OC4CCCCC4)cc3)c2)C(I)CC1O. The Bertz CT molecular complexity index is 853. The Labute approximate surface area is 203 Å². The van der Waals surface area contributed by atoms with Crippen molar-refractivity contribution in [3.63, 3.8) is 0 Å². The van der Waals surface area contributed by atoms with E-state index in [2.05, 4.69) is 52.9 Å². The number of rotatable bonds is 6. The predicted molar refractivity (Wildman–Crippen MR) is 131 cm³/mol. The van der Waals surface area contributed by atoms with Crippen LogP contribution in [0, 0.1) is 0 Å². The molecule has 0 bridgehead atoms. The largest absolute Gasteiger partial charge is 0.490 e. The summed E-state index contributed by atoms with van der Waals surface area (Å²) in [7, 11) is 0. The molecule has 1 aliphatic heterocycles. The summed E-state index contributed by atoms with van der Waals surface area (Å²) in [5, 5.41) is 20.3. The van der Waals surface area contributed by atoms with Crippen LogP contribution >= 0.6 is 34.2 Å². The minimum absolute atomic E-state index is 0.126. The second-order valence-corrected chi connectivity index (χ2v) is 10.7. The first kappa shape index (κ1) is 23.3. The summed E-state index contributed by atoms with van der Waals surface area (Å²) < 4.78 is 12.3. The lowest BCUT2D eigenvalue weighted by Crippen LogP contribution is -2.42. The Morgan fingerprint density at radius 1 is 1.06 bits per heavy atom. The van der Waals surface area contributed by atoms with Gasteiger partial charge in [0, 0.05) is 8.95 Å². The Morgan fingerprint density at radius 3 is 2.52 bits per heavy atom. The van der Waals surface area contributed by atoms with Crippen molar-refractivity contribution < 1.29 is 19.7 Å². The number of halogens is 2. The zero-order valence-electron chi connectivity index (χ0n) is 17.6. The maximum Gasteiger partial charge on any atom is 0.119 e. The number of hydrogen-bond donors (Lipinski definition) is 2. The molecule has 0 radical (unpaired) electrons. The first-order chi connectivity index (χ1) is 15.0. The summed E-state index contributed by atoms with van der Waals surface area (Å²) in [4.78, 5) is 0. The van der Waals surface area contributed by atoms with Gasteiger partial charge < -0.3 is 19.7 Å². The highest BCUT2D eigenvalue weighted by molar-refractivity contribution is 14.1. The molecule has 2 N–H and O–H groups in total. The van der Waals surface area contributed by atoms with Crippen LogP contribution in [0.3, 0.4) is 0 Å². The van der Waals surface area contributed by atoms with Gasteiger partial charge in [0.25, 0.3) is 0 Å². The fourth-order valence-corrected chi connectivity index (χ4v) is 5.80. The zero-order chi connectivity index (χ0) is 21.8. The van der Waals surface area contributed by atoms with Crippen molar-refractivity contribution in [1.29, 1.82) is 0 Å². The number of aliphatic hydroxyl groups is 2. The van der Waals surface area contributed by atoms with Gasteiger partial charge in [-0.25, -0.2) is 0 Å². The van der Waals surface area contributed by atoms with Gasteiger partial charge >= 0.3 is 0 Å². The summed E-state index contributed by atoms with van der Waals surface area (Å²) in [5.74, 6) is 0.937. The van der Waals surface area contributed by atoms with Crippen molar-refractivity contribution in [3.05, 3.63) is 64.2 Å². The third-order valence-electron chi connectivity index (χ3n) is 6.30. The second kappa shape index (κ2) is 10.8. The van der Waals surface area contributed by atoms with Gasteiger partial charge in [0.05, 0.1) is 24.9 Å². The summed E-state index contributed by atoms with van der Waals surface area (Å²) in [6, 6.07) is 14.3. The molecular weight excluding hydrogens is 527 g/mol. The number of alkyl halides is 1. The van der Waals surface area contributed by atoms with E-state index in [1.165, 1.54) is 24.8 Å². The Morgan fingerprint density at radius 2 is 1.81 bits per heavy atom. The minimum atomic E-state index is -0.635. The molecule has 2 fully saturated rings. The van der Waals surface area contributed by atoms with Crippen LogP contribution in [0.2, 0.25) is 5.02 Å². The van der Waals surface area contributed by atoms with Gasteiger partial charge in [0.2, 0.25) is 0 Å². The molecule has 1 saturated heterocycles. The summed E-state index contributed by atoms with van der Waals surface area (Å²) in [5.41, 5.74) is 3.25. The molecular formula is C25H30ClIO4. The van der Waals surface area contributed by atoms with E-state index in [0.29, 0.717) is 12.5 Å². The molecule has 2 aromatic carbocycles. The molecule has 31 heavy (non-hydrogen) atoms. The Hall–Kier alpha value is -0.860. The lowest BCUT2D eigenvalue weighted by Gasteiger charge is -2.37. The number of benzene rings is 2. The Kier molecular flexibility index (Phi) is 8.15. The number of ether oxygens (including phenoxy) is 2. The molecule has 1 aliphatic carbocycles. The fraction of sp³-hybridized carbons (Fsp3) is 0.520. The van der Waals surface area contributed by atoms with Crippen LogP contribution in [0.4, 0.5) is 0 Å². The van der Waals surface area contributed by atoms with Crippen molar-refractivity contribution in [2.24, 2.45) is 0 Å². The first-order valence-corrected chi connectivity index (χ1v) is 12.8. The third-order valence-corrected chi connectivity index (χ3v) is 7.83. The molecule has 0 amide bonds. The lowest BCUT2D eigenvalue weighted by atomic mass is 9.94. The van der Waals surface area contributed by atoms with Crippen LogP contribution in [0.5, 0.6) is 5.75 Å². The van der Waals surface area contributed by atoms with Crippen molar-refractivity contribution in [1.82, 2.24) is 0 Å². The molecule has 4 nitrogen and oxygen atoms in total.